The van der Waals surface area contributed by atoms with Gasteiger partial charge >= 0.3 is 11.8 Å². The Balaban J connectivity index is 3.71. The van der Waals surface area contributed by atoms with E-state index < -0.39 is 11.8 Å². The number of carbonyl (C=O) groups excluding carboxylic acids is 2. The Morgan fingerprint density at radius 3 is 2.64 bits per heavy atom. The second kappa shape index (κ2) is 7.64. The Kier molecular flexibility index (Phi) is 7.23. The number of ether oxygens (including phenoxy) is 1. The molecule has 0 bridgehead atoms. The molecule has 0 aromatic carbocycles. The zero-order chi connectivity index (χ0) is 11.0. The van der Waals surface area contributed by atoms with E-state index in [9.17, 15) is 9.59 Å². The number of thioether (sulfide) groups is 1. The summed E-state index contributed by atoms with van der Waals surface area (Å²) in [6, 6.07) is 0. The molecular weight excluding hydrogens is 204 g/mol. The lowest BCUT2D eigenvalue weighted by atomic mass is 10.3. The van der Waals surface area contributed by atoms with Crippen LogP contribution in [0.5, 0.6) is 0 Å². The van der Waals surface area contributed by atoms with Gasteiger partial charge in [-0.2, -0.15) is 11.8 Å². The third-order valence-electron chi connectivity index (χ3n) is 1.69. The number of methoxy groups -OCH3 is 1. The van der Waals surface area contributed by atoms with Crippen molar-refractivity contribution in [2.24, 2.45) is 5.73 Å². The van der Waals surface area contributed by atoms with Crippen molar-refractivity contribution in [1.82, 2.24) is 5.32 Å². The lowest BCUT2D eigenvalue weighted by Gasteiger charge is -2.14. The smallest absolute Gasteiger partial charge is 0.309 e. The number of nitrogens with one attached hydrogen (secondary N) is 1. The molecule has 6 heteroatoms. The first-order chi connectivity index (χ1) is 6.61. The summed E-state index contributed by atoms with van der Waals surface area (Å²) in [7, 11) is 1.57. The maximum absolute atomic E-state index is 10.8. The van der Waals surface area contributed by atoms with E-state index in [0.29, 0.717) is 6.54 Å². The Labute approximate surface area is 87.7 Å². The average Bonchev–Trinajstić information content (AvgIpc) is 2.17. The predicted octanol–water partition coefficient (Wildman–Crippen LogP) is -0.644. The lowest BCUT2D eigenvalue weighted by Crippen LogP contribution is -2.40. The van der Waals surface area contributed by atoms with E-state index >= 15 is 0 Å². The van der Waals surface area contributed by atoms with E-state index in [-0.39, 0.29) is 6.10 Å². The molecule has 0 aliphatic rings. The highest BCUT2D eigenvalue weighted by atomic mass is 32.2. The van der Waals surface area contributed by atoms with E-state index in [2.05, 4.69) is 5.32 Å². The van der Waals surface area contributed by atoms with Crippen molar-refractivity contribution in [2.75, 3.05) is 25.7 Å². The van der Waals surface area contributed by atoms with Gasteiger partial charge in [-0.3, -0.25) is 9.59 Å². The van der Waals surface area contributed by atoms with Gasteiger partial charge in [-0.1, -0.05) is 0 Å². The van der Waals surface area contributed by atoms with Gasteiger partial charge in [0.05, 0.1) is 6.10 Å². The van der Waals surface area contributed by atoms with Gasteiger partial charge in [0.2, 0.25) is 0 Å². The minimum atomic E-state index is -0.968. The predicted molar refractivity (Wildman–Crippen MR) is 56.0 cm³/mol. The van der Waals surface area contributed by atoms with Gasteiger partial charge in [0.1, 0.15) is 0 Å². The minimum absolute atomic E-state index is 0.0641. The summed E-state index contributed by atoms with van der Waals surface area (Å²) in [5.74, 6) is -0.786. The van der Waals surface area contributed by atoms with Crippen molar-refractivity contribution in [3.05, 3.63) is 0 Å². The average molecular weight is 220 g/mol. The SMILES string of the molecule is COC(CCSC)CNC(=O)C(N)=O. The molecule has 0 rings (SSSR count). The molecule has 0 heterocycles. The second-order valence-corrected chi connectivity index (χ2v) is 3.70. The topological polar surface area (TPSA) is 81.4 Å². The van der Waals surface area contributed by atoms with Crippen LogP contribution in [-0.4, -0.2) is 43.6 Å². The van der Waals surface area contributed by atoms with Crippen LogP contribution in [0.3, 0.4) is 0 Å². The fraction of sp³-hybridized carbons (Fsp3) is 0.750. The zero-order valence-corrected chi connectivity index (χ0v) is 9.23. The van der Waals surface area contributed by atoms with Crippen LogP contribution in [0.2, 0.25) is 0 Å². The number of amides is 2. The first-order valence-electron chi connectivity index (χ1n) is 4.21. The van der Waals surface area contributed by atoms with Gasteiger partial charge in [-0.15, -0.1) is 0 Å². The number of rotatable bonds is 6. The van der Waals surface area contributed by atoms with Crippen LogP contribution >= 0.6 is 11.8 Å². The Morgan fingerprint density at radius 1 is 1.57 bits per heavy atom. The van der Waals surface area contributed by atoms with Crippen LogP contribution in [0, 0.1) is 0 Å². The summed E-state index contributed by atoms with van der Waals surface area (Å²) < 4.78 is 5.10. The van der Waals surface area contributed by atoms with Crippen molar-refractivity contribution in [1.29, 1.82) is 0 Å². The number of hydrogen-bond acceptors (Lipinski definition) is 4. The fourth-order valence-corrected chi connectivity index (χ4v) is 1.34. The van der Waals surface area contributed by atoms with Gasteiger partial charge in [0, 0.05) is 13.7 Å². The Morgan fingerprint density at radius 2 is 2.21 bits per heavy atom. The van der Waals surface area contributed by atoms with E-state index in [4.69, 9.17) is 10.5 Å². The van der Waals surface area contributed by atoms with Gasteiger partial charge in [0.15, 0.2) is 0 Å². The monoisotopic (exact) mass is 220 g/mol. The summed E-state index contributed by atoms with van der Waals surface area (Å²) in [5, 5.41) is 2.39. The standard InChI is InChI=1S/C8H16N2O3S/c1-13-6(3-4-14-2)5-10-8(12)7(9)11/h6H,3-5H2,1-2H3,(H2,9,11)(H,10,12). The maximum atomic E-state index is 10.8. The summed E-state index contributed by atoms with van der Waals surface area (Å²) in [5.41, 5.74) is 4.77. The van der Waals surface area contributed by atoms with E-state index in [1.54, 1.807) is 18.9 Å². The van der Waals surface area contributed by atoms with Gasteiger partial charge in [-0.05, 0) is 18.4 Å². The van der Waals surface area contributed by atoms with Gasteiger partial charge < -0.3 is 15.8 Å². The van der Waals surface area contributed by atoms with Crippen molar-refractivity contribution < 1.29 is 14.3 Å². The van der Waals surface area contributed by atoms with Crippen molar-refractivity contribution in [3.63, 3.8) is 0 Å². The summed E-state index contributed by atoms with van der Waals surface area (Å²) in [6.07, 6.45) is 2.76. The summed E-state index contributed by atoms with van der Waals surface area (Å²) >= 11 is 1.70. The maximum Gasteiger partial charge on any atom is 0.309 e. The molecule has 0 radical (unpaired) electrons. The Hall–Kier alpha value is -0.750. The summed E-state index contributed by atoms with van der Waals surface area (Å²) in [4.78, 5) is 21.2. The van der Waals surface area contributed by atoms with Crippen LogP contribution in [0.4, 0.5) is 0 Å². The van der Waals surface area contributed by atoms with Gasteiger partial charge in [-0.25, -0.2) is 0 Å². The molecule has 14 heavy (non-hydrogen) atoms. The molecule has 82 valence electrons. The second-order valence-electron chi connectivity index (χ2n) is 2.71. The molecule has 0 spiro atoms. The largest absolute Gasteiger partial charge is 0.380 e. The third-order valence-corrected chi connectivity index (χ3v) is 2.34. The zero-order valence-electron chi connectivity index (χ0n) is 8.41. The lowest BCUT2D eigenvalue weighted by molar-refractivity contribution is -0.137. The molecule has 0 aliphatic carbocycles. The molecule has 0 saturated carbocycles. The molecule has 0 aromatic rings. The van der Waals surface area contributed by atoms with E-state index in [1.165, 1.54) is 0 Å². The van der Waals surface area contributed by atoms with E-state index in [0.717, 1.165) is 12.2 Å². The molecule has 1 unspecified atom stereocenters. The molecule has 0 saturated heterocycles. The highest BCUT2D eigenvalue weighted by Gasteiger charge is 2.12. The van der Waals surface area contributed by atoms with Crippen LogP contribution in [0.25, 0.3) is 0 Å². The molecule has 3 N–H and O–H groups in total. The van der Waals surface area contributed by atoms with Crippen LogP contribution in [-0.2, 0) is 14.3 Å². The Bertz CT molecular complexity index is 199. The molecule has 0 fully saturated rings. The molecular formula is C8H16N2O3S. The number of nitrogens with two attached hydrogens (primary N) is 1. The fourth-order valence-electron chi connectivity index (χ4n) is 0.846. The summed E-state index contributed by atoms with van der Waals surface area (Å²) in [6.45, 7) is 0.318. The normalized spacial score (nSPS) is 12.1. The van der Waals surface area contributed by atoms with E-state index in [1.807, 2.05) is 6.26 Å². The quantitative estimate of drug-likeness (QED) is 0.583. The molecule has 1 atom stereocenters. The minimum Gasteiger partial charge on any atom is -0.380 e. The van der Waals surface area contributed by atoms with Crippen molar-refractivity contribution >= 4 is 23.6 Å². The van der Waals surface area contributed by atoms with Crippen molar-refractivity contribution in [3.8, 4) is 0 Å². The number of primary amides is 1. The number of carbonyl (C=O) groups is 2. The highest BCUT2D eigenvalue weighted by Crippen LogP contribution is 2.02. The molecule has 0 aromatic heterocycles. The molecule has 0 aliphatic heterocycles. The van der Waals surface area contributed by atoms with Crippen LogP contribution in [0.15, 0.2) is 0 Å². The number of hydrogen-bond donors (Lipinski definition) is 2. The van der Waals surface area contributed by atoms with Crippen LogP contribution in [0.1, 0.15) is 6.42 Å². The van der Waals surface area contributed by atoms with Gasteiger partial charge in [0.25, 0.3) is 0 Å². The first kappa shape index (κ1) is 13.2. The first-order valence-corrected chi connectivity index (χ1v) is 5.60. The van der Waals surface area contributed by atoms with Crippen LogP contribution < -0.4 is 11.1 Å². The van der Waals surface area contributed by atoms with Crippen molar-refractivity contribution in [2.45, 2.75) is 12.5 Å². The molecule has 5 nitrogen and oxygen atoms in total. The molecule has 2 amide bonds. The highest BCUT2D eigenvalue weighted by molar-refractivity contribution is 7.98. The third kappa shape index (κ3) is 5.82.